The fraction of sp³-hybridized carbons (Fsp3) is 0.400. The lowest BCUT2D eigenvalue weighted by atomic mass is 9.92. The number of para-hydroxylation sites is 1. The highest BCUT2D eigenvalue weighted by Gasteiger charge is 2.28. The third-order valence-corrected chi connectivity index (χ3v) is 11.9. The van der Waals surface area contributed by atoms with Crippen LogP contribution in [0.2, 0.25) is 0 Å². The summed E-state index contributed by atoms with van der Waals surface area (Å²) in [5.74, 6) is -0.166. The molecule has 5 aromatic rings. The number of hydrogen-bond donors (Lipinski definition) is 2. The zero-order valence-electron chi connectivity index (χ0n) is 33.5. The summed E-state index contributed by atoms with van der Waals surface area (Å²) >= 11 is 1.45. The highest BCUT2D eigenvalue weighted by Crippen LogP contribution is 2.34. The molecule has 0 saturated carbocycles. The van der Waals surface area contributed by atoms with Gasteiger partial charge in [-0.1, -0.05) is 41.7 Å². The van der Waals surface area contributed by atoms with Crippen LogP contribution in [0.4, 0.5) is 16.6 Å². The highest BCUT2D eigenvalue weighted by molar-refractivity contribution is 7.22. The minimum atomic E-state index is -0.755. The van der Waals surface area contributed by atoms with Gasteiger partial charge < -0.3 is 19.6 Å². The molecule has 0 atom stereocenters. The Labute approximate surface area is 338 Å². The van der Waals surface area contributed by atoms with Crippen molar-refractivity contribution in [2.75, 3.05) is 54.9 Å². The molecule has 1 fully saturated rings. The predicted molar refractivity (Wildman–Crippen MR) is 228 cm³/mol. The number of rotatable bonds is 12. The number of aromatic nitrogens is 2. The number of amides is 1. The van der Waals surface area contributed by atoms with Crippen LogP contribution in [0.25, 0.3) is 21.3 Å². The van der Waals surface area contributed by atoms with Crippen molar-refractivity contribution in [2.45, 2.75) is 71.9 Å². The zero-order chi connectivity index (χ0) is 40.3. The quantitative estimate of drug-likeness (QED) is 0.119. The topological polar surface area (TPSA) is 128 Å². The fourth-order valence-corrected chi connectivity index (χ4v) is 8.82. The summed E-state index contributed by atoms with van der Waals surface area (Å²) in [6, 6.07) is 23.9. The highest BCUT2D eigenvalue weighted by atomic mass is 32.1. The van der Waals surface area contributed by atoms with Crippen LogP contribution in [0.5, 0.6) is 0 Å². The van der Waals surface area contributed by atoms with Crippen molar-refractivity contribution in [1.82, 2.24) is 14.9 Å². The molecule has 0 aliphatic carbocycles. The number of ether oxygens (including phenoxy) is 1. The second-order valence-electron chi connectivity index (χ2n) is 16.3. The molecule has 1 saturated heterocycles. The Morgan fingerprint density at radius 3 is 2.47 bits per heavy atom. The summed E-state index contributed by atoms with van der Waals surface area (Å²) in [6.45, 7) is 11.5. The maximum absolute atomic E-state index is 13.9. The minimum absolute atomic E-state index is 0.132. The van der Waals surface area contributed by atoms with Gasteiger partial charge >= 0.3 is 11.9 Å². The second-order valence-corrected chi connectivity index (χ2v) is 17.3. The third-order valence-electron chi connectivity index (χ3n) is 10.9. The molecule has 298 valence electrons. The van der Waals surface area contributed by atoms with E-state index in [2.05, 4.69) is 58.3 Å². The van der Waals surface area contributed by atoms with Crippen LogP contribution in [0.1, 0.15) is 84.0 Å². The summed E-state index contributed by atoms with van der Waals surface area (Å²) in [7, 11) is 2.11. The molecule has 4 heterocycles. The van der Waals surface area contributed by atoms with E-state index < -0.39 is 17.5 Å². The van der Waals surface area contributed by atoms with Crippen molar-refractivity contribution in [3.8, 4) is 11.1 Å². The summed E-state index contributed by atoms with van der Waals surface area (Å²) < 4.78 is 6.93. The van der Waals surface area contributed by atoms with Crippen LogP contribution >= 0.6 is 11.3 Å². The van der Waals surface area contributed by atoms with E-state index in [1.165, 1.54) is 11.3 Å². The molecule has 0 radical (unpaired) electrons. The smallest absolute Gasteiger partial charge is 0.358 e. The number of pyridine rings is 1. The number of esters is 1. The van der Waals surface area contributed by atoms with Gasteiger partial charge in [0.05, 0.1) is 16.8 Å². The Morgan fingerprint density at radius 1 is 0.965 bits per heavy atom. The van der Waals surface area contributed by atoms with Crippen molar-refractivity contribution in [3.63, 3.8) is 0 Å². The summed E-state index contributed by atoms with van der Waals surface area (Å²) in [5, 5.41) is 12.7. The first kappa shape index (κ1) is 39.9. The van der Waals surface area contributed by atoms with E-state index in [9.17, 15) is 14.4 Å². The summed E-state index contributed by atoms with van der Waals surface area (Å²) in [5.41, 5.74) is 6.80. The van der Waals surface area contributed by atoms with Crippen molar-refractivity contribution >= 4 is 56.0 Å². The molecule has 2 aliphatic heterocycles. The summed E-state index contributed by atoms with van der Waals surface area (Å²) in [4.78, 5) is 54.6. The van der Waals surface area contributed by atoms with E-state index in [1.54, 1.807) is 0 Å². The molecule has 11 nitrogen and oxygen atoms in total. The van der Waals surface area contributed by atoms with Gasteiger partial charge in [-0.15, -0.1) is 0 Å². The number of nitrogens with zero attached hydrogens (tertiary/aromatic N) is 5. The molecular weight excluding hydrogens is 737 g/mol. The molecule has 12 heteroatoms. The van der Waals surface area contributed by atoms with Crippen molar-refractivity contribution in [1.29, 1.82) is 0 Å². The normalized spacial score (nSPS) is 15.0. The molecule has 3 aromatic carbocycles. The van der Waals surface area contributed by atoms with E-state index in [1.807, 2.05) is 74.2 Å². The lowest BCUT2D eigenvalue weighted by Crippen LogP contribution is -2.37. The lowest BCUT2D eigenvalue weighted by Gasteiger charge is -2.31. The van der Waals surface area contributed by atoms with Gasteiger partial charge in [0.25, 0.3) is 5.91 Å². The van der Waals surface area contributed by atoms with Gasteiger partial charge in [-0.3, -0.25) is 19.8 Å². The van der Waals surface area contributed by atoms with Crippen LogP contribution in [-0.4, -0.2) is 83.2 Å². The van der Waals surface area contributed by atoms with Gasteiger partial charge in [0.2, 0.25) is 0 Å². The van der Waals surface area contributed by atoms with E-state index in [-0.39, 0.29) is 18.1 Å². The molecule has 0 unspecified atom stereocenters. The summed E-state index contributed by atoms with van der Waals surface area (Å²) in [6.07, 6.45) is 5.01. The maximum atomic E-state index is 13.9. The van der Waals surface area contributed by atoms with Crippen LogP contribution in [0, 0.1) is 12.8 Å². The average molecular weight is 789 g/mol. The number of thiazole rings is 1. The molecule has 2 N–H and O–H groups in total. The number of carbonyl (C=O) groups excluding carboxylic acids is 2. The Balaban J connectivity index is 1.07. The number of benzene rings is 3. The van der Waals surface area contributed by atoms with Gasteiger partial charge in [0, 0.05) is 43.5 Å². The van der Waals surface area contributed by atoms with Gasteiger partial charge in [0.1, 0.15) is 11.4 Å². The molecule has 2 aliphatic rings. The van der Waals surface area contributed by atoms with Crippen LogP contribution < -0.4 is 15.1 Å². The van der Waals surface area contributed by atoms with Gasteiger partial charge in [-0.25, -0.2) is 14.8 Å². The molecule has 0 bridgehead atoms. The zero-order valence-corrected chi connectivity index (χ0v) is 34.3. The average Bonchev–Trinajstić information content (AvgIpc) is 3.59. The Kier molecular flexibility index (Phi) is 11.9. The van der Waals surface area contributed by atoms with Crippen LogP contribution in [-0.2, 0) is 22.5 Å². The minimum Gasteiger partial charge on any atom is -0.480 e. The maximum Gasteiger partial charge on any atom is 0.358 e. The first-order valence-electron chi connectivity index (χ1n) is 19.8. The van der Waals surface area contributed by atoms with E-state index >= 15 is 0 Å². The number of carbonyl (C=O) groups is 3. The van der Waals surface area contributed by atoms with Crippen molar-refractivity contribution in [2.24, 2.45) is 5.92 Å². The first-order chi connectivity index (χ1) is 27.3. The van der Waals surface area contributed by atoms with Crippen LogP contribution in [0.3, 0.4) is 0 Å². The number of anilines is 3. The Bertz CT molecular complexity index is 2240. The Morgan fingerprint density at radius 2 is 1.74 bits per heavy atom. The molecule has 57 heavy (non-hydrogen) atoms. The Hall–Kier alpha value is -5.33. The van der Waals surface area contributed by atoms with Gasteiger partial charge in [-0.2, -0.15) is 0 Å². The largest absolute Gasteiger partial charge is 0.480 e. The molecule has 1 amide bonds. The van der Waals surface area contributed by atoms with Gasteiger partial charge in [0.15, 0.2) is 10.8 Å². The lowest BCUT2D eigenvalue weighted by molar-refractivity contribution is -0.138. The van der Waals surface area contributed by atoms with E-state index in [0.717, 1.165) is 89.9 Å². The van der Waals surface area contributed by atoms with Crippen molar-refractivity contribution in [3.05, 3.63) is 101 Å². The van der Waals surface area contributed by atoms with E-state index in [0.29, 0.717) is 41.1 Å². The predicted octanol–water partition coefficient (Wildman–Crippen LogP) is 8.45. The first-order valence-corrected chi connectivity index (χ1v) is 20.7. The number of carboxylic acids is 1. The van der Waals surface area contributed by atoms with E-state index in [4.69, 9.17) is 14.8 Å². The van der Waals surface area contributed by atoms with Gasteiger partial charge in [-0.05, 0) is 144 Å². The molecular formula is C45H52N6O5S. The number of fused-ring (bicyclic) bond motifs is 2. The number of aryl methyl sites for hydroxylation is 1. The third kappa shape index (κ3) is 9.62. The van der Waals surface area contributed by atoms with Crippen molar-refractivity contribution < 1.29 is 24.2 Å². The number of piperidine rings is 1. The molecule has 2 aromatic heterocycles. The number of likely N-dealkylation sites (tertiary alicyclic amines) is 1. The SMILES string of the molecule is Cc1cc(N(C)CCCC2CCN(CC(=O)O)CC2)ccc1-c1ccc(N2CCc3cccc(C(=O)Nc4nc5ccccc5s4)c3C2)nc1C(=O)OC(C)(C)C. The standard InChI is InChI=1S/C45H52N6O5S/c1-29-26-32(49(5)22-9-10-30-19-23-50(24-20-30)28-40(52)53)15-16-33(29)34-17-18-39(47-41(34)43(55)56-45(2,3)4)51-25-21-31-11-8-12-35(36(31)27-51)42(54)48-44-46-37-13-6-7-14-38(37)57-44/h6-8,11-18,26,30H,9-10,19-25,27-28H2,1-5H3,(H,52,53)(H,46,48,54). The van der Waals surface area contributed by atoms with Crippen LogP contribution in [0.15, 0.2) is 72.8 Å². The monoisotopic (exact) mass is 788 g/mol. The number of hydrogen-bond acceptors (Lipinski definition) is 10. The number of nitrogens with one attached hydrogen (secondary N) is 1. The number of aliphatic carboxylic acids is 1. The number of carboxylic acid groups (broad SMARTS) is 1. The molecule has 7 rings (SSSR count). The fourth-order valence-electron chi connectivity index (χ4n) is 7.96. The second kappa shape index (κ2) is 17.0. The molecule has 0 spiro atoms.